The molecule has 2 heterocycles. The quantitative estimate of drug-likeness (QED) is 0.795. The van der Waals surface area contributed by atoms with Crippen LogP contribution in [0.15, 0.2) is 15.1 Å². The molecule has 0 aliphatic rings. The normalized spacial score (nSPS) is 11.3. The maximum absolute atomic E-state index is 5.58. The van der Waals surface area contributed by atoms with Gasteiger partial charge in [0, 0.05) is 12.8 Å². The highest BCUT2D eigenvalue weighted by molar-refractivity contribution is 5.47. The van der Waals surface area contributed by atoms with Gasteiger partial charge in [-0.3, -0.25) is 0 Å². The van der Waals surface area contributed by atoms with E-state index in [1.54, 1.807) is 6.26 Å². The van der Waals surface area contributed by atoms with E-state index in [0.29, 0.717) is 23.3 Å². The Morgan fingerprint density at radius 3 is 2.88 bits per heavy atom. The Balaban J connectivity index is 2.12. The Kier molecular flexibility index (Phi) is 3.61. The molecular weight excluding hydrogens is 216 g/mol. The Morgan fingerprint density at radius 2 is 2.18 bits per heavy atom. The molecule has 0 aliphatic carbocycles. The lowest BCUT2D eigenvalue weighted by atomic mass is 10.1. The average molecular weight is 233 g/mol. The van der Waals surface area contributed by atoms with Crippen molar-refractivity contribution in [1.82, 2.24) is 9.97 Å². The van der Waals surface area contributed by atoms with E-state index in [1.165, 1.54) is 0 Å². The van der Waals surface area contributed by atoms with Gasteiger partial charge in [-0.15, -0.1) is 0 Å². The van der Waals surface area contributed by atoms with Crippen molar-refractivity contribution >= 4 is 0 Å². The van der Waals surface area contributed by atoms with Crippen molar-refractivity contribution in [3.63, 3.8) is 0 Å². The van der Waals surface area contributed by atoms with E-state index in [-0.39, 0.29) is 0 Å². The number of hydrogen-bond donors (Lipinski definition) is 0. The molecule has 0 aliphatic heterocycles. The molecular formula is C13H17N2O2. The van der Waals surface area contributed by atoms with Crippen molar-refractivity contribution in [3.8, 4) is 11.5 Å². The number of hydrogen-bond acceptors (Lipinski definition) is 4. The molecule has 0 saturated carbocycles. The maximum atomic E-state index is 5.58. The van der Waals surface area contributed by atoms with Gasteiger partial charge in [-0.25, -0.2) is 9.97 Å². The summed E-state index contributed by atoms with van der Waals surface area (Å²) in [6.45, 7) is 6.34. The van der Waals surface area contributed by atoms with Crippen LogP contribution in [0.5, 0.6) is 0 Å². The third-order valence-electron chi connectivity index (χ3n) is 2.33. The van der Waals surface area contributed by atoms with Gasteiger partial charge in [0.05, 0.1) is 0 Å². The lowest BCUT2D eigenvalue weighted by Crippen LogP contribution is -1.93. The summed E-state index contributed by atoms with van der Waals surface area (Å²) >= 11 is 0. The second kappa shape index (κ2) is 5.17. The first kappa shape index (κ1) is 11.9. The molecule has 4 heteroatoms. The minimum absolute atomic E-state index is 0.517. The predicted octanol–water partition coefficient (Wildman–Crippen LogP) is 3.28. The monoisotopic (exact) mass is 233 g/mol. The largest absolute Gasteiger partial charge is 0.448 e. The van der Waals surface area contributed by atoms with Crippen LogP contribution in [0, 0.1) is 12.1 Å². The molecule has 91 valence electrons. The molecule has 2 aromatic heterocycles. The Bertz CT molecular complexity index is 471. The van der Waals surface area contributed by atoms with Gasteiger partial charge in [-0.05, 0) is 12.3 Å². The smallest absolute Gasteiger partial charge is 0.195 e. The van der Waals surface area contributed by atoms with E-state index in [1.807, 2.05) is 0 Å². The average Bonchev–Trinajstić information content (AvgIpc) is 2.86. The molecule has 4 nitrogen and oxygen atoms in total. The van der Waals surface area contributed by atoms with Gasteiger partial charge in [-0.2, -0.15) is 0 Å². The van der Waals surface area contributed by atoms with E-state index in [9.17, 15) is 0 Å². The minimum Gasteiger partial charge on any atom is -0.448 e. The fraction of sp³-hybridized carbons (Fsp3) is 0.538. The van der Waals surface area contributed by atoms with Crippen molar-refractivity contribution < 1.29 is 8.83 Å². The van der Waals surface area contributed by atoms with Crippen LogP contribution in [0.3, 0.4) is 0 Å². The van der Waals surface area contributed by atoms with E-state index in [4.69, 9.17) is 8.83 Å². The summed E-state index contributed by atoms with van der Waals surface area (Å²) in [6.07, 6.45) is 7.11. The summed E-state index contributed by atoms with van der Waals surface area (Å²) in [4.78, 5) is 8.45. The number of aromatic nitrogens is 2. The molecule has 0 N–H and O–H groups in total. The van der Waals surface area contributed by atoms with Crippen LogP contribution in [0.2, 0.25) is 0 Å². The topological polar surface area (TPSA) is 52.1 Å². The minimum atomic E-state index is 0.517. The van der Waals surface area contributed by atoms with Gasteiger partial charge < -0.3 is 8.83 Å². The van der Waals surface area contributed by atoms with E-state index in [2.05, 4.69) is 36.9 Å². The SMILES string of the molecule is CCCc1nc(-c2[c]nc(CC(C)C)o2)co1. The van der Waals surface area contributed by atoms with Crippen LogP contribution in [-0.2, 0) is 12.8 Å². The van der Waals surface area contributed by atoms with Crippen molar-refractivity contribution in [2.45, 2.75) is 40.0 Å². The first-order chi connectivity index (χ1) is 8.19. The van der Waals surface area contributed by atoms with Gasteiger partial charge in [-0.1, -0.05) is 20.8 Å². The highest BCUT2D eigenvalue weighted by atomic mass is 16.4. The van der Waals surface area contributed by atoms with Crippen molar-refractivity contribution in [1.29, 1.82) is 0 Å². The zero-order valence-corrected chi connectivity index (χ0v) is 10.5. The fourth-order valence-corrected chi connectivity index (χ4v) is 1.57. The fourth-order valence-electron chi connectivity index (χ4n) is 1.57. The first-order valence-corrected chi connectivity index (χ1v) is 6.01. The van der Waals surface area contributed by atoms with Crippen LogP contribution in [-0.4, -0.2) is 9.97 Å². The van der Waals surface area contributed by atoms with Crippen molar-refractivity contribution in [2.75, 3.05) is 0 Å². The zero-order valence-electron chi connectivity index (χ0n) is 10.5. The lowest BCUT2D eigenvalue weighted by molar-refractivity contribution is 0.465. The Labute approximate surface area is 101 Å². The third kappa shape index (κ3) is 2.96. The molecule has 0 unspecified atom stereocenters. The molecule has 17 heavy (non-hydrogen) atoms. The van der Waals surface area contributed by atoms with Crippen molar-refractivity contribution in [2.24, 2.45) is 5.92 Å². The van der Waals surface area contributed by atoms with Gasteiger partial charge in [0.25, 0.3) is 0 Å². The van der Waals surface area contributed by atoms with Crippen LogP contribution in [0.1, 0.15) is 39.0 Å². The standard InChI is InChI=1S/C13H17N2O2/c1-4-5-12-15-10(8-16-12)11-7-14-13(17-11)6-9(2)3/h8-9H,4-6H2,1-3H3. The van der Waals surface area contributed by atoms with Gasteiger partial charge in [0.1, 0.15) is 18.2 Å². The molecule has 0 spiro atoms. The van der Waals surface area contributed by atoms with Crippen LogP contribution >= 0.6 is 0 Å². The van der Waals surface area contributed by atoms with E-state index < -0.39 is 0 Å². The summed E-state index contributed by atoms with van der Waals surface area (Å²) in [6, 6.07) is 0. The second-order valence-electron chi connectivity index (χ2n) is 4.52. The summed E-state index contributed by atoms with van der Waals surface area (Å²) in [5, 5.41) is 0. The predicted molar refractivity (Wildman–Crippen MR) is 63.4 cm³/mol. The Morgan fingerprint density at radius 1 is 1.35 bits per heavy atom. The first-order valence-electron chi connectivity index (χ1n) is 6.01. The lowest BCUT2D eigenvalue weighted by Gasteiger charge is -1.97. The Hall–Kier alpha value is -1.58. The second-order valence-corrected chi connectivity index (χ2v) is 4.52. The van der Waals surface area contributed by atoms with Crippen LogP contribution in [0.4, 0.5) is 0 Å². The molecule has 0 amide bonds. The van der Waals surface area contributed by atoms with Gasteiger partial charge >= 0.3 is 0 Å². The molecule has 0 bridgehead atoms. The summed E-state index contributed by atoms with van der Waals surface area (Å²) < 4.78 is 10.9. The molecule has 2 aromatic rings. The summed E-state index contributed by atoms with van der Waals surface area (Å²) in [5.41, 5.74) is 0.677. The molecule has 2 rings (SSSR count). The zero-order chi connectivity index (χ0) is 12.3. The number of rotatable bonds is 5. The van der Waals surface area contributed by atoms with Crippen molar-refractivity contribution in [3.05, 3.63) is 24.2 Å². The summed E-state index contributed by atoms with van der Waals surface area (Å²) in [5.74, 6) is 2.52. The molecule has 0 atom stereocenters. The van der Waals surface area contributed by atoms with Crippen LogP contribution < -0.4 is 0 Å². The number of nitrogens with zero attached hydrogens (tertiary/aromatic N) is 2. The highest BCUT2D eigenvalue weighted by Gasteiger charge is 2.12. The highest BCUT2D eigenvalue weighted by Crippen LogP contribution is 2.20. The van der Waals surface area contributed by atoms with Gasteiger partial charge in [0.15, 0.2) is 17.5 Å². The molecule has 0 aromatic carbocycles. The molecule has 0 fully saturated rings. The number of oxazole rings is 2. The van der Waals surface area contributed by atoms with E-state index >= 15 is 0 Å². The summed E-state index contributed by atoms with van der Waals surface area (Å²) in [7, 11) is 0. The maximum Gasteiger partial charge on any atom is 0.195 e. The number of aryl methyl sites for hydroxylation is 1. The third-order valence-corrected chi connectivity index (χ3v) is 2.33. The molecule has 0 saturated heterocycles. The van der Waals surface area contributed by atoms with Gasteiger partial charge in [0.2, 0.25) is 0 Å². The molecule has 1 radical (unpaired) electrons. The van der Waals surface area contributed by atoms with E-state index in [0.717, 1.165) is 25.2 Å². The van der Waals surface area contributed by atoms with Crippen LogP contribution in [0.25, 0.3) is 11.5 Å².